The average molecular weight is 202 g/mol. The zero-order valence-corrected chi connectivity index (χ0v) is 8.01. The maximum Gasteiger partial charge on any atom is 0.151 e. The van der Waals surface area contributed by atoms with Gasteiger partial charge in [-0.1, -0.05) is 11.8 Å². The topological polar surface area (TPSA) is 77.0 Å². The summed E-state index contributed by atoms with van der Waals surface area (Å²) in [6, 6.07) is 1.83. The minimum Gasteiger partial charge on any atom is -0.384 e. The molecule has 0 unspecified atom stereocenters. The Balaban J connectivity index is 2.41. The number of aromatic nitrogens is 3. The molecule has 0 fully saturated rings. The molecular weight excluding hydrogens is 192 g/mol. The van der Waals surface area contributed by atoms with Crippen LogP contribution in [0.4, 0.5) is 5.82 Å². The molecule has 0 aliphatic carbocycles. The van der Waals surface area contributed by atoms with Crippen molar-refractivity contribution in [3.8, 4) is 11.8 Å². The first-order valence-corrected chi connectivity index (χ1v) is 4.45. The van der Waals surface area contributed by atoms with Crippen LogP contribution in [0.1, 0.15) is 0 Å². The normalized spacial score (nSPS) is 9.93. The highest BCUT2D eigenvalue weighted by Crippen LogP contribution is 2.15. The van der Waals surface area contributed by atoms with Crippen molar-refractivity contribution >= 4 is 16.9 Å². The summed E-state index contributed by atoms with van der Waals surface area (Å²) in [4.78, 5) is 8.09. The molecule has 0 amide bonds. The molecule has 2 aromatic heterocycles. The van der Waals surface area contributed by atoms with Crippen LogP contribution in [0.5, 0.6) is 0 Å². The van der Waals surface area contributed by atoms with Gasteiger partial charge in [0.15, 0.2) is 5.82 Å². The van der Waals surface area contributed by atoms with E-state index in [2.05, 4.69) is 21.8 Å². The van der Waals surface area contributed by atoms with Gasteiger partial charge in [-0.15, -0.1) is 0 Å². The van der Waals surface area contributed by atoms with Gasteiger partial charge in [0.2, 0.25) is 0 Å². The smallest absolute Gasteiger partial charge is 0.151 e. The quantitative estimate of drug-likeness (QED) is 0.638. The minimum atomic E-state index is -0.129. The van der Waals surface area contributed by atoms with E-state index in [0.29, 0.717) is 17.9 Å². The Kier molecular flexibility index (Phi) is 2.52. The van der Waals surface area contributed by atoms with Gasteiger partial charge in [-0.05, 0) is 6.07 Å². The van der Waals surface area contributed by atoms with E-state index in [0.717, 1.165) is 5.52 Å². The van der Waals surface area contributed by atoms with Crippen molar-refractivity contribution in [3.05, 3.63) is 18.6 Å². The van der Waals surface area contributed by atoms with Gasteiger partial charge in [-0.3, -0.25) is 0 Å². The van der Waals surface area contributed by atoms with Crippen molar-refractivity contribution in [1.29, 1.82) is 0 Å². The lowest BCUT2D eigenvalue weighted by Crippen LogP contribution is -1.95. The molecule has 5 nitrogen and oxygen atoms in total. The van der Waals surface area contributed by atoms with Crippen LogP contribution in [0.2, 0.25) is 0 Å². The van der Waals surface area contributed by atoms with Gasteiger partial charge in [0, 0.05) is 6.20 Å². The number of aliphatic hydroxyl groups is 1. The van der Waals surface area contributed by atoms with Gasteiger partial charge in [0.05, 0.1) is 18.4 Å². The van der Waals surface area contributed by atoms with Gasteiger partial charge < -0.3 is 15.4 Å². The van der Waals surface area contributed by atoms with E-state index < -0.39 is 0 Å². The second kappa shape index (κ2) is 3.98. The first-order valence-electron chi connectivity index (χ1n) is 4.45. The molecule has 76 valence electrons. The van der Waals surface area contributed by atoms with Gasteiger partial charge in [0.1, 0.15) is 12.1 Å². The number of aliphatic hydroxyl groups excluding tert-OH is 1. The number of nitrogens with zero attached hydrogens (tertiary/aromatic N) is 3. The summed E-state index contributed by atoms with van der Waals surface area (Å²) in [7, 11) is 0. The molecule has 0 aliphatic heterocycles. The highest BCUT2D eigenvalue weighted by atomic mass is 16.2. The molecule has 15 heavy (non-hydrogen) atoms. The van der Waals surface area contributed by atoms with Crippen molar-refractivity contribution in [1.82, 2.24) is 14.5 Å². The molecule has 0 saturated carbocycles. The summed E-state index contributed by atoms with van der Waals surface area (Å²) in [5, 5.41) is 8.52. The lowest BCUT2D eigenvalue weighted by molar-refractivity contribution is 0.350. The highest BCUT2D eigenvalue weighted by Gasteiger charge is 2.04. The Bertz CT molecular complexity index is 535. The number of rotatable bonds is 1. The number of hydrogen-bond acceptors (Lipinski definition) is 4. The summed E-state index contributed by atoms with van der Waals surface area (Å²) in [5.41, 5.74) is 7.24. The van der Waals surface area contributed by atoms with Crippen molar-refractivity contribution in [3.63, 3.8) is 0 Å². The summed E-state index contributed by atoms with van der Waals surface area (Å²) < 4.78 is 1.86. The van der Waals surface area contributed by atoms with E-state index in [-0.39, 0.29) is 6.61 Å². The molecule has 5 heteroatoms. The largest absolute Gasteiger partial charge is 0.384 e. The van der Waals surface area contributed by atoms with Crippen LogP contribution in [-0.2, 0) is 6.54 Å². The van der Waals surface area contributed by atoms with Crippen molar-refractivity contribution in [2.75, 3.05) is 12.3 Å². The molecule has 0 radical (unpaired) electrons. The molecule has 0 atom stereocenters. The fourth-order valence-electron chi connectivity index (χ4n) is 1.34. The molecule has 0 aliphatic rings. The predicted molar refractivity (Wildman–Crippen MR) is 56.8 cm³/mol. The molecule has 0 bridgehead atoms. The van der Waals surface area contributed by atoms with E-state index in [1.54, 1.807) is 12.5 Å². The second-order valence-electron chi connectivity index (χ2n) is 2.95. The summed E-state index contributed by atoms with van der Waals surface area (Å²) >= 11 is 0. The predicted octanol–water partition coefficient (Wildman–Crippen LogP) is 0.00920. The van der Waals surface area contributed by atoms with Gasteiger partial charge in [-0.2, -0.15) is 0 Å². The molecule has 2 heterocycles. The number of pyridine rings is 1. The number of hydrogen-bond donors (Lipinski definition) is 2. The maximum absolute atomic E-state index is 8.52. The van der Waals surface area contributed by atoms with Crippen LogP contribution in [0, 0.1) is 11.8 Å². The molecule has 3 N–H and O–H groups in total. The summed E-state index contributed by atoms with van der Waals surface area (Å²) in [6.45, 7) is 0.358. The second-order valence-corrected chi connectivity index (χ2v) is 2.95. The fraction of sp³-hybridized carbons (Fsp3) is 0.200. The zero-order chi connectivity index (χ0) is 10.7. The Morgan fingerprint density at radius 2 is 2.27 bits per heavy atom. The monoisotopic (exact) mass is 202 g/mol. The lowest BCUT2D eigenvalue weighted by atomic mass is 10.4. The molecule has 2 aromatic rings. The number of nitrogen functional groups attached to an aromatic ring is 1. The molecule has 2 rings (SSSR count). The van der Waals surface area contributed by atoms with E-state index >= 15 is 0 Å². The van der Waals surface area contributed by atoms with E-state index in [4.69, 9.17) is 10.8 Å². The van der Waals surface area contributed by atoms with Crippen LogP contribution in [0.3, 0.4) is 0 Å². The lowest BCUT2D eigenvalue weighted by Gasteiger charge is -1.97. The van der Waals surface area contributed by atoms with E-state index in [1.807, 2.05) is 10.6 Å². The third kappa shape index (κ3) is 1.75. The van der Waals surface area contributed by atoms with E-state index in [9.17, 15) is 0 Å². The highest BCUT2D eigenvalue weighted by molar-refractivity contribution is 5.84. The van der Waals surface area contributed by atoms with Crippen LogP contribution in [-0.4, -0.2) is 26.2 Å². The molecular formula is C10H10N4O. The molecule has 0 aromatic carbocycles. The van der Waals surface area contributed by atoms with Gasteiger partial charge in [0.25, 0.3) is 0 Å². The van der Waals surface area contributed by atoms with Crippen LogP contribution in [0.15, 0.2) is 18.6 Å². The average Bonchev–Trinajstić information content (AvgIpc) is 2.64. The Morgan fingerprint density at radius 3 is 3.07 bits per heavy atom. The number of imidazole rings is 1. The van der Waals surface area contributed by atoms with Gasteiger partial charge >= 0.3 is 0 Å². The number of fused-ring (bicyclic) bond motifs is 1. The van der Waals surface area contributed by atoms with Gasteiger partial charge in [-0.25, -0.2) is 9.97 Å². The third-order valence-electron chi connectivity index (χ3n) is 2.02. The third-order valence-corrected chi connectivity index (χ3v) is 2.02. The Labute approximate surface area is 86.6 Å². The SMILES string of the molecule is Nc1nccc2c1ncn2CC#CCO. The first-order chi connectivity index (χ1) is 7.33. The van der Waals surface area contributed by atoms with Crippen LogP contribution < -0.4 is 5.73 Å². The van der Waals surface area contributed by atoms with Crippen LogP contribution in [0.25, 0.3) is 11.0 Å². The first kappa shape index (κ1) is 9.49. The fourth-order valence-corrected chi connectivity index (χ4v) is 1.34. The summed E-state index contributed by atoms with van der Waals surface area (Å²) in [6.07, 6.45) is 3.30. The van der Waals surface area contributed by atoms with Crippen molar-refractivity contribution < 1.29 is 5.11 Å². The van der Waals surface area contributed by atoms with E-state index in [1.165, 1.54) is 0 Å². The Hall–Kier alpha value is -2.06. The minimum absolute atomic E-state index is 0.129. The maximum atomic E-state index is 8.52. The van der Waals surface area contributed by atoms with Crippen LogP contribution >= 0.6 is 0 Å². The van der Waals surface area contributed by atoms with Crippen molar-refractivity contribution in [2.24, 2.45) is 0 Å². The zero-order valence-electron chi connectivity index (χ0n) is 8.01. The number of nitrogens with two attached hydrogens (primary N) is 1. The standard InChI is InChI=1S/C10H10N4O/c11-10-9-8(3-4-12-10)14(7-13-9)5-1-2-6-15/h3-4,7,15H,5-6H2,(H2,11,12). The number of anilines is 1. The molecule has 0 saturated heterocycles. The Morgan fingerprint density at radius 1 is 1.40 bits per heavy atom. The summed E-state index contributed by atoms with van der Waals surface area (Å²) in [5.74, 6) is 5.80. The van der Waals surface area contributed by atoms with Crippen molar-refractivity contribution in [2.45, 2.75) is 6.54 Å². The molecule has 0 spiro atoms.